The fraction of sp³-hybridized carbons (Fsp3) is 0.150. The monoisotopic (exact) mass is 353 g/mol. The lowest BCUT2D eigenvalue weighted by Crippen LogP contribution is -2.27. The van der Waals surface area contributed by atoms with Crippen LogP contribution < -0.4 is 0 Å². The van der Waals surface area contributed by atoms with Gasteiger partial charge in [0.15, 0.2) is 9.84 Å². The van der Waals surface area contributed by atoms with Crippen LogP contribution in [0.2, 0.25) is 0 Å². The molecule has 0 aromatic heterocycles. The van der Waals surface area contributed by atoms with E-state index in [-0.39, 0.29) is 16.4 Å². The first-order valence-electron chi connectivity index (χ1n) is 7.89. The van der Waals surface area contributed by atoms with Crippen LogP contribution in [0.5, 0.6) is 0 Å². The number of nitrogens with zero attached hydrogens (tertiary/aromatic N) is 1. The number of fused-ring (bicyclic) bond motifs is 1. The average molecular weight is 353 g/mol. The Bertz CT molecular complexity index is 1040. The number of hydrogen-bond acceptors (Lipinski definition) is 3. The number of carbonyl (C=O) groups is 1. The van der Waals surface area contributed by atoms with Gasteiger partial charge in [-0.05, 0) is 28.5 Å². The molecular weight excluding hydrogens is 334 g/mol. The van der Waals surface area contributed by atoms with Crippen molar-refractivity contribution in [2.45, 2.75) is 11.4 Å². The standard InChI is InChI=1S/C20H19NO3S/c1-21(14-16-10-7-9-15-8-3-4-11-17(15)16)20(22)18-12-5-6-13-19(18)25(2,23)24/h3-13H,14H2,1-2H3. The van der Waals surface area contributed by atoms with Crippen molar-refractivity contribution in [2.24, 2.45) is 0 Å². The molecule has 0 spiro atoms. The summed E-state index contributed by atoms with van der Waals surface area (Å²) in [5.41, 5.74) is 1.22. The Balaban J connectivity index is 1.94. The SMILES string of the molecule is CN(Cc1cccc2ccccc12)C(=O)c1ccccc1S(C)(=O)=O. The highest BCUT2D eigenvalue weighted by Crippen LogP contribution is 2.22. The molecular formula is C20H19NO3S. The van der Waals surface area contributed by atoms with Crippen molar-refractivity contribution >= 4 is 26.5 Å². The molecule has 128 valence electrons. The van der Waals surface area contributed by atoms with Crippen LogP contribution in [0.3, 0.4) is 0 Å². The highest BCUT2D eigenvalue weighted by molar-refractivity contribution is 7.90. The first-order chi connectivity index (χ1) is 11.9. The number of hydrogen-bond donors (Lipinski definition) is 0. The van der Waals surface area contributed by atoms with Crippen molar-refractivity contribution in [2.75, 3.05) is 13.3 Å². The second-order valence-electron chi connectivity index (χ2n) is 6.07. The number of rotatable bonds is 4. The smallest absolute Gasteiger partial charge is 0.255 e. The van der Waals surface area contributed by atoms with Gasteiger partial charge in [0.2, 0.25) is 0 Å². The highest BCUT2D eigenvalue weighted by atomic mass is 32.2. The summed E-state index contributed by atoms with van der Waals surface area (Å²) < 4.78 is 23.9. The third-order valence-electron chi connectivity index (χ3n) is 4.15. The van der Waals surface area contributed by atoms with Gasteiger partial charge in [-0.15, -0.1) is 0 Å². The van der Waals surface area contributed by atoms with Gasteiger partial charge in [-0.3, -0.25) is 4.79 Å². The quantitative estimate of drug-likeness (QED) is 0.721. The summed E-state index contributed by atoms with van der Waals surface area (Å²) in [7, 11) is -1.78. The van der Waals surface area contributed by atoms with E-state index in [0.717, 1.165) is 22.6 Å². The first kappa shape index (κ1) is 17.2. The molecule has 0 bridgehead atoms. The largest absolute Gasteiger partial charge is 0.337 e. The molecule has 0 aliphatic heterocycles. The van der Waals surface area contributed by atoms with Crippen LogP contribution in [0, 0.1) is 0 Å². The number of benzene rings is 3. The van der Waals surface area contributed by atoms with Crippen molar-refractivity contribution in [3.05, 3.63) is 77.9 Å². The average Bonchev–Trinajstić information content (AvgIpc) is 2.60. The summed E-state index contributed by atoms with van der Waals surface area (Å²) in [6.07, 6.45) is 1.11. The zero-order valence-corrected chi connectivity index (χ0v) is 15.0. The van der Waals surface area contributed by atoms with E-state index in [2.05, 4.69) is 0 Å². The molecule has 3 rings (SSSR count). The minimum absolute atomic E-state index is 0.0600. The molecule has 0 aliphatic carbocycles. The second-order valence-corrected chi connectivity index (χ2v) is 8.05. The lowest BCUT2D eigenvalue weighted by Gasteiger charge is -2.20. The van der Waals surface area contributed by atoms with Crippen molar-refractivity contribution < 1.29 is 13.2 Å². The molecule has 1 amide bonds. The molecule has 0 aliphatic rings. The Labute approximate surface area is 147 Å². The van der Waals surface area contributed by atoms with Gasteiger partial charge >= 0.3 is 0 Å². The second kappa shape index (κ2) is 6.69. The molecule has 3 aromatic carbocycles. The molecule has 4 nitrogen and oxygen atoms in total. The van der Waals surface area contributed by atoms with Gasteiger partial charge < -0.3 is 4.90 Å². The third-order valence-corrected chi connectivity index (χ3v) is 5.31. The third kappa shape index (κ3) is 3.56. The summed E-state index contributed by atoms with van der Waals surface area (Å²) in [5, 5.41) is 2.19. The van der Waals surface area contributed by atoms with Crippen molar-refractivity contribution in [3.63, 3.8) is 0 Å². The van der Waals surface area contributed by atoms with E-state index >= 15 is 0 Å². The highest BCUT2D eigenvalue weighted by Gasteiger charge is 2.21. The van der Waals surface area contributed by atoms with Gasteiger partial charge in [-0.25, -0.2) is 8.42 Å². The first-order valence-corrected chi connectivity index (χ1v) is 9.78. The van der Waals surface area contributed by atoms with Gasteiger partial charge in [0.25, 0.3) is 5.91 Å². The summed E-state index contributed by atoms with van der Waals surface area (Å²) >= 11 is 0. The molecule has 0 radical (unpaired) electrons. The number of sulfone groups is 1. The molecule has 5 heteroatoms. The number of amides is 1. The van der Waals surface area contributed by atoms with E-state index < -0.39 is 9.84 Å². The van der Waals surface area contributed by atoms with Crippen LogP contribution >= 0.6 is 0 Å². The van der Waals surface area contributed by atoms with Crippen molar-refractivity contribution in [1.29, 1.82) is 0 Å². The van der Waals surface area contributed by atoms with Crippen LogP contribution in [0.15, 0.2) is 71.6 Å². The zero-order valence-electron chi connectivity index (χ0n) is 14.1. The molecule has 25 heavy (non-hydrogen) atoms. The summed E-state index contributed by atoms with van der Waals surface area (Å²) in [6, 6.07) is 20.3. The van der Waals surface area contributed by atoms with Gasteiger partial charge in [0, 0.05) is 19.8 Å². The Morgan fingerprint density at radius 2 is 1.56 bits per heavy atom. The Hall–Kier alpha value is -2.66. The van der Waals surface area contributed by atoms with E-state index in [9.17, 15) is 13.2 Å². The molecule has 0 fully saturated rings. The van der Waals surface area contributed by atoms with Crippen LogP contribution in [-0.4, -0.2) is 32.5 Å². The fourth-order valence-electron chi connectivity index (χ4n) is 2.93. The summed E-state index contributed by atoms with van der Waals surface area (Å²) in [4.78, 5) is 14.4. The van der Waals surface area contributed by atoms with Gasteiger partial charge in [-0.2, -0.15) is 0 Å². The predicted octanol–water partition coefficient (Wildman–Crippen LogP) is 3.52. The molecule has 3 aromatic rings. The van der Waals surface area contributed by atoms with Crippen molar-refractivity contribution in [1.82, 2.24) is 4.90 Å². The molecule has 0 unspecified atom stereocenters. The van der Waals surface area contributed by atoms with Gasteiger partial charge in [0.1, 0.15) is 0 Å². The van der Waals surface area contributed by atoms with Crippen LogP contribution in [0.4, 0.5) is 0 Å². The summed E-state index contributed by atoms with van der Waals surface area (Å²) in [6.45, 7) is 0.401. The minimum Gasteiger partial charge on any atom is -0.337 e. The van der Waals surface area contributed by atoms with E-state index in [1.165, 1.54) is 6.07 Å². The van der Waals surface area contributed by atoms with E-state index in [0.29, 0.717) is 6.54 Å². The minimum atomic E-state index is -3.47. The topological polar surface area (TPSA) is 54.5 Å². The normalized spacial score (nSPS) is 11.4. The maximum atomic E-state index is 12.8. The number of carbonyl (C=O) groups excluding carboxylic acids is 1. The Morgan fingerprint density at radius 3 is 2.32 bits per heavy atom. The van der Waals surface area contributed by atoms with Crippen molar-refractivity contribution in [3.8, 4) is 0 Å². The molecule has 0 N–H and O–H groups in total. The molecule has 0 atom stereocenters. The zero-order chi connectivity index (χ0) is 18.0. The van der Waals surface area contributed by atoms with Crippen LogP contribution in [0.1, 0.15) is 15.9 Å². The molecule has 0 saturated heterocycles. The van der Waals surface area contributed by atoms with Crippen LogP contribution in [-0.2, 0) is 16.4 Å². The van der Waals surface area contributed by atoms with E-state index in [1.54, 1.807) is 30.1 Å². The van der Waals surface area contributed by atoms with Gasteiger partial charge in [-0.1, -0.05) is 54.6 Å². The van der Waals surface area contributed by atoms with Gasteiger partial charge in [0.05, 0.1) is 10.5 Å². The Morgan fingerprint density at radius 1 is 0.920 bits per heavy atom. The fourth-order valence-corrected chi connectivity index (χ4v) is 3.81. The maximum absolute atomic E-state index is 12.8. The lowest BCUT2D eigenvalue weighted by atomic mass is 10.0. The predicted molar refractivity (Wildman–Crippen MR) is 99.3 cm³/mol. The molecule has 0 saturated carbocycles. The van der Waals surface area contributed by atoms with E-state index in [1.807, 2.05) is 42.5 Å². The summed E-state index contributed by atoms with van der Waals surface area (Å²) in [5.74, 6) is -0.311. The lowest BCUT2D eigenvalue weighted by molar-refractivity contribution is 0.0782. The molecule has 0 heterocycles. The van der Waals surface area contributed by atoms with E-state index in [4.69, 9.17) is 0 Å². The van der Waals surface area contributed by atoms with Crippen LogP contribution in [0.25, 0.3) is 10.8 Å². The maximum Gasteiger partial charge on any atom is 0.255 e. The Kier molecular flexibility index (Phi) is 4.59.